The molecule has 152 valence electrons. The number of carbonyl (C=O) groups is 3. The highest BCUT2D eigenvalue weighted by Crippen LogP contribution is 2.33. The van der Waals surface area contributed by atoms with Crippen molar-refractivity contribution in [3.05, 3.63) is 61.6 Å². The molecular formula is C22H21ClFNO3S. The predicted octanol–water partition coefficient (Wildman–Crippen LogP) is 5.79. The highest BCUT2D eigenvalue weighted by atomic mass is 35.5. The Kier molecular flexibility index (Phi) is 6.34. The van der Waals surface area contributed by atoms with Gasteiger partial charge < -0.3 is 0 Å². The highest BCUT2D eigenvalue weighted by Gasteiger charge is 2.33. The summed E-state index contributed by atoms with van der Waals surface area (Å²) in [5.74, 6) is -2.22. The minimum Gasteiger partial charge on any atom is -0.295 e. The molecule has 2 amide bonds. The number of thiophene rings is 1. The van der Waals surface area contributed by atoms with Crippen LogP contribution in [0.5, 0.6) is 0 Å². The summed E-state index contributed by atoms with van der Waals surface area (Å²) < 4.78 is 14.8. The number of rotatable bonds is 4. The Morgan fingerprint density at radius 2 is 1.69 bits per heavy atom. The molecule has 0 spiro atoms. The van der Waals surface area contributed by atoms with Gasteiger partial charge in [-0.05, 0) is 81.2 Å². The van der Waals surface area contributed by atoms with Gasteiger partial charge in [-0.3, -0.25) is 14.4 Å². The van der Waals surface area contributed by atoms with Gasteiger partial charge in [0.15, 0.2) is 5.78 Å². The van der Waals surface area contributed by atoms with Crippen molar-refractivity contribution in [1.29, 1.82) is 0 Å². The van der Waals surface area contributed by atoms with Crippen LogP contribution in [-0.2, 0) is 9.59 Å². The van der Waals surface area contributed by atoms with Gasteiger partial charge in [-0.25, -0.2) is 9.29 Å². The molecule has 1 aromatic carbocycles. The van der Waals surface area contributed by atoms with Crippen LogP contribution in [0, 0.1) is 19.7 Å². The second-order valence-corrected chi connectivity index (χ2v) is 8.53. The Labute approximate surface area is 178 Å². The number of benzene rings is 1. The summed E-state index contributed by atoms with van der Waals surface area (Å²) in [5, 5.41) is 2.00. The lowest BCUT2D eigenvalue weighted by Crippen LogP contribution is -2.39. The second-order valence-electron chi connectivity index (χ2n) is 7.21. The largest absolute Gasteiger partial charge is 0.295 e. The van der Waals surface area contributed by atoms with Crippen LogP contribution in [0.2, 0.25) is 5.02 Å². The average molecular weight is 434 g/mol. The van der Waals surface area contributed by atoms with Gasteiger partial charge in [-0.15, -0.1) is 11.3 Å². The molecule has 0 saturated heterocycles. The molecular weight excluding hydrogens is 413 g/mol. The first kappa shape index (κ1) is 21.4. The minimum absolute atomic E-state index is 0.158. The van der Waals surface area contributed by atoms with E-state index in [9.17, 15) is 18.8 Å². The van der Waals surface area contributed by atoms with E-state index >= 15 is 0 Å². The van der Waals surface area contributed by atoms with Crippen LogP contribution in [0.1, 0.15) is 53.4 Å². The molecule has 0 radical (unpaired) electrons. The van der Waals surface area contributed by atoms with Gasteiger partial charge in [-0.2, -0.15) is 0 Å². The van der Waals surface area contributed by atoms with E-state index in [1.165, 1.54) is 24.3 Å². The summed E-state index contributed by atoms with van der Waals surface area (Å²) in [6.07, 6.45) is 2.41. The predicted molar refractivity (Wildman–Crippen MR) is 113 cm³/mol. The molecule has 3 rings (SSSR count). The van der Waals surface area contributed by atoms with E-state index in [2.05, 4.69) is 0 Å². The fourth-order valence-corrected chi connectivity index (χ4v) is 4.42. The smallest absolute Gasteiger partial charge is 0.275 e. The quantitative estimate of drug-likeness (QED) is 0.573. The maximum absolute atomic E-state index is 14.8. The number of Topliss-reactive ketones (excluding diaryl/α,β-unsaturated/α-hetero) is 1. The fourth-order valence-electron chi connectivity index (χ4n) is 3.44. The normalized spacial score (nSPS) is 14.1. The van der Waals surface area contributed by atoms with Gasteiger partial charge in [0.25, 0.3) is 11.8 Å². The molecule has 0 aliphatic heterocycles. The monoisotopic (exact) mass is 433 g/mol. The van der Waals surface area contributed by atoms with Crippen molar-refractivity contribution in [2.24, 2.45) is 0 Å². The van der Waals surface area contributed by atoms with Crippen molar-refractivity contribution < 1.29 is 18.8 Å². The molecule has 7 heteroatoms. The van der Waals surface area contributed by atoms with Crippen LogP contribution in [0.15, 0.2) is 34.7 Å². The Bertz CT molecular complexity index is 1040. The maximum Gasteiger partial charge on any atom is 0.275 e. The molecule has 0 atom stereocenters. The van der Waals surface area contributed by atoms with Crippen molar-refractivity contribution in [2.45, 2.75) is 46.5 Å². The van der Waals surface area contributed by atoms with E-state index in [1.807, 2.05) is 6.92 Å². The van der Waals surface area contributed by atoms with Gasteiger partial charge in [-0.1, -0.05) is 11.6 Å². The molecule has 1 aliphatic rings. The number of ketones is 1. The first-order chi connectivity index (χ1) is 13.7. The lowest BCUT2D eigenvalue weighted by atomic mass is 9.88. The summed E-state index contributed by atoms with van der Waals surface area (Å²) in [6, 6.07) is 4.15. The number of aryl methyl sites for hydroxylation is 2. The van der Waals surface area contributed by atoms with Crippen molar-refractivity contribution >= 4 is 46.2 Å². The van der Waals surface area contributed by atoms with Crippen LogP contribution < -0.4 is 4.90 Å². The summed E-state index contributed by atoms with van der Waals surface area (Å²) in [4.78, 5) is 40.0. The minimum atomic E-state index is -0.767. The molecule has 2 aromatic rings. The molecule has 0 bridgehead atoms. The number of halogens is 2. The third kappa shape index (κ3) is 4.33. The topological polar surface area (TPSA) is 54.5 Å². The highest BCUT2D eigenvalue weighted by molar-refractivity contribution is 7.12. The Morgan fingerprint density at radius 1 is 1.03 bits per heavy atom. The number of carbonyl (C=O) groups excluding carboxylic acids is 3. The number of nitrogens with zero attached hydrogens (tertiary/aromatic N) is 1. The van der Waals surface area contributed by atoms with E-state index in [1.54, 1.807) is 18.4 Å². The zero-order chi connectivity index (χ0) is 21.3. The van der Waals surface area contributed by atoms with E-state index in [0.29, 0.717) is 28.9 Å². The molecule has 1 heterocycles. The zero-order valence-electron chi connectivity index (χ0n) is 16.5. The van der Waals surface area contributed by atoms with E-state index in [-0.39, 0.29) is 22.1 Å². The van der Waals surface area contributed by atoms with Crippen LogP contribution in [0.3, 0.4) is 0 Å². The lowest BCUT2D eigenvalue weighted by molar-refractivity contribution is -0.117. The van der Waals surface area contributed by atoms with E-state index < -0.39 is 17.6 Å². The van der Waals surface area contributed by atoms with Gasteiger partial charge in [0.1, 0.15) is 5.82 Å². The van der Waals surface area contributed by atoms with Crippen LogP contribution in [-0.4, -0.2) is 17.6 Å². The summed E-state index contributed by atoms with van der Waals surface area (Å²) in [5.41, 5.74) is 1.97. The lowest BCUT2D eigenvalue weighted by Gasteiger charge is -2.26. The van der Waals surface area contributed by atoms with Gasteiger partial charge in [0.05, 0.1) is 10.6 Å². The number of imide groups is 1. The standard InChI is InChI=1S/C22H21ClFNO3S/c1-12-8-20(29-11-12)22(28)25(19-9-13(2)17(23)10-18(19)24)21(27)16-7-5-4-6-15(16)14(3)26/h8-11H,4-7H2,1-3H3. The summed E-state index contributed by atoms with van der Waals surface area (Å²) >= 11 is 7.19. The van der Waals surface area contributed by atoms with Crippen molar-refractivity contribution in [2.75, 3.05) is 4.90 Å². The zero-order valence-corrected chi connectivity index (χ0v) is 18.0. The van der Waals surface area contributed by atoms with E-state index in [4.69, 9.17) is 11.6 Å². The van der Waals surface area contributed by atoms with Gasteiger partial charge >= 0.3 is 0 Å². The molecule has 1 aromatic heterocycles. The maximum atomic E-state index is 14.8. The Balaban J connectivity index is 2.18. The van der Waals surface area contributed by atoms with Crippen molar-refractivity contribution in [3.8, 4) is 0 Å². The molecule has 29 heavy (non-hydrogen) atoms. The van der Waals surface area contributed by atoms with Gasteiger partial charge in [0.2, 0.25) is 0 Å². The van der Waals surface area contributed by atoms with Crippen LogP contribution in [0.4, 0.5) is 10.1 Å². The second kappa shape index (κ2) is 8.59. The number of hydrogen-bond acceptors (Lipinski definition) is 4. The van der Waals surface area contributed by atoms with Crippen LogP contribution in [0.25, 0.3) is 0 Å². The average Bonchev–Trinajstić information content (AvgIpc) is 3.12. The third-order valence-corrected chi connectivity index (χ3v) is 6.41. The van der Waals surface area contributed by atoms with E-state index in [0.717, 1.165) is 29.4 Å². The van der Waals surface area contributed by atoms with Crippen molar-refractivity contribution in [1.82, 2.24) is 0 Å². The first-order valence-corrected chi connectivity index (χ1v) is 10.6. The molecule has 0 fully saturated rings. The number of allylic oxidation sites excluding steroid dienone is 1. The summed E-state index contributed by atoms with van der Waals surface area (Å²) in [7, 11) is 0. The number of anilines is 1. The Hall–Kier alpha value is -2.31. The molecule has 0 unspecified atom stereocenters. The third-order valence-electron chi connectivity index (χ3n) is 4.97. The fraction of sp³-hybridized carbons (Fsp3) is 0.318. The first-order valence-electron chi connectivity index (χ1n) is 9.33. The van der Waals surface area contributed by atoms with Crippen LogP contribution >= 0.6 is 22.9 Å². The van der Waals surface area contributed by atoms with Crippen molar-refractivity contribution in [3.63, 3.8) is 0 Å². The Morgan fingerprint density at radius 3 is 2.28 bits per heavy atom. The molecule has 1 aliphatic carbocycles. The van der Waals surface area contributed by atoms with Gasteiger partial charge in [0, 0.05) is 16.2 Å². The summed E-state index contributed by atoms with van der Waals surface area (Å²) in [6.45, 7) is 4.92. The number of hydrogen-bond donors (Lipinski definition) is 0. The number of amides is 2. The molecule has 0 saturated carbocycles. The molecule has 4 nitrogen and oxygen atoms in total. The molecule has 0 N–H and O–H groups in total. The SMILES string of the molecule is CC(=O)C1=C(C(=O)N(C(=O)c2cc(C)cs2)c2cc(C)c(Cl)cc2F)CCCC1.